The number of rotatable bonds is 6. The summed E-state index contributed by atoms with van der Waals surface area (Å²) < 4.78 is 1.93. The van der Waals surface area contributed by atoms with E-state index in [1.54, 1.807) is 12.4 Å². The molecular formula is C24H26N10. The molecule has 5 rings (SSSR count). The summed E-state index contributed by atoms with van der Waals surface area (Å²) in [5.41, 5.74) is 10.2. The van der Waals surface area contributed by atoms with Crippen molar-refractivity contribution < 1.29 is 0 Å². The third-order valence-electron chi connectivity index (χ3n) is 5.92. The largest absolute Gasteiger partial charge is 0.404 e. The number of hydrogen-bond acceptors (Lipinski definition) is 9. The lowest BCUT2D eigenvalue weighted by atomic mass is 10.1. The van der Waals surface area contributed by atoms with Crippen molar-refractivity contribution >= 4 is 34.9 Å². The Hall–Kier alpha value is -4.31. The number of nitrogens with zero attached hydrogens (tertiary/aromatic N) is 7. The van der Waals surface area contributed by atoms with Crippen LogP contribution in [0.25, 0.3) is 22.6 Å². The van der Waals surface area contributed by atoms with Crippen LogP contribution >= 0.6 is 0 Å². The van der Waals surface area contributed by atoms with Crippen LogP contribution in [0.4, 0.5) is 17.5 Å². The number of pyridine rings is 2. The van der Waals surface area contributed by atoms with Gasteiger partial charge in [-0.15, -0.1) is 0 Å². The molecule has 0 spiro atoms. The van der Waals surface area contributed by atoms with Gasteiger partial charge in [0.15, 0.2) is 0 Å². The molecule has 0 amide bonds. The first kappa shape index (κ1) is 21.5. The fourth-order valence-electron chi connectivity index (χ4n) is 3.94. The topological polar surface area (TPSA) is 124 Å². The first-order valence-corrected chi connectivity index (χ1v) is 11.0. The zero-order valence-electron chi connectivity index (χ0n) is 18.9. The fourth-order valence-corrected chi connectivity index (χ4v) is 3.94. The highest BCUT2D eigenvalue weighted by molar-refractivity contribution is 6.08. The molecule has 10 nitrogen and oxygen atoms in total. The third-order valence-corrected chi connectivity index (χ3v) is 5.92. The molecule has 1 fully saturated rings. The Morgan fingerprint density at radius 3 is 2.62 bits per heavy atom. The summed E-state index contributed by atoms with van der Waals surface area (Å²) >= 11 is 0. The molecule has 1 aliphatic heterocycles. The molecule has 5 heterocycles. The van der Waals surface area contributed by atoms with Crippen molar-refractivity contribution in [3.8, 4) is 11.4 Å². The number of piperazine rings is 1. The summed E-state index contributed by atoms with van der Waals surface area (Å²) in [5.74, 6) is 1.45. The molecule has 0 bridgehead atoms. The molecule has 0 atom stereocenters. The van der Waals surface area contributed by atoms with Gasteiger partial charge in [0.2, 0.25) is 5.95 Å². The summed E-state index contributed by atoms with van der Waals surface area (Å²) in [6.07, 6.45) is 9.84. The predicted molar refractivity (Wildman–Crippen MR) is 134 cm³/mol. The van der Waals surface area contributed by atoms with Gasteiger partial charge in [0.05, 0.1) is 29.5 Å². The Bertz CT molecular complexity index is 1330. The summed E-state index contributed by atoms with van der Waals surface area (Å²) in [4.78, 5) is 22.8. The molecule has 4 N–H and O–H groups in total. The van der Waals surface area contributed by atoms with Crippen LogP contribution in [0.5, 0.6) is 0 Å². The lowest BCUT2D eigenvalue weighted by Crippen LogP contribution is -2.44. The maximum Gasteiger partial charge on any atom is 0.227 e. The minimum Gasteiger partial charge on any atom is -0.404 e. The van der Waals surface area contributed by atoms with E-state index >= 15 is 0 Å². The highest BCUT2D eigenvalue weighted by Gasteiger charge is 2.15. The summed E-state index contributed by atoms with van der Waals surface area (Å²) in [5, 5.41) is 10.8. The van der Waals surface area contributed by atoms with Gasteiger partial charge in [0.1, 0.15) is 11.5 Å². The average molecular weight is 455 g/mol. The molecule has 0 unspecified atom stereocenters. The monoisotopic (exact) mass is 454 g/mol. The van der Waals surface area contributed by atoms with E-state index < -0.39 is 0 Å². The number of allylic oxidation sites excluding steroid dienone is 1. The quantitative estimate of drug-likeness (QED) is 0.380. The van der Waals surface area contributed by atoms with E-state index in [4.69, 9.17) is 11.1 Å². The number of hydrogen-bond donors (Lipinski definition) is 3. The lowest BCUT2D eigenvalue weighted by molar-refractivity contribution is 0.312. The first-order chi connectivity index (χ1) is 16.6. The van der Waals surface area contributed by atoms with Gasteiger partial charge in [-0.05, 0) is 37.4 Å². The third kappa shape index (κ3) is 4.30. The minimum absolute atomic E-state index is 0.472. The van der Waals surface area contributed by atoms with Gasteiger partial charge in [-0.3, -0.25) is 4.40 Å². The molecule has 172 valence electrons. The van der Waals surface area contributed by atoms with E-state index in [-0.39, 0.29) is 0 Å². The zero-order chi connectivity index (χ0) is 23.5. The number of aromatic nitrogens is 5. The summed E-state index contributed by atoms with van der Waals surface area (Å²) in [6, 6.07) is 9.64. The van der Waals surface area contributed by atoms with E-state index in [1.165, 1.54) is 12.4 Å². The Morgan fingerprint density at radius 2 is 1.88 bits per heavy atom. The smallest absolute Gasteiger partial charge is 0.227 e. The molecular weight excluding hydrogens is 428 g/mol. The number of anilines is 3. The van der Waals surface area contributed by atoms with Crippen molar-refractivity contribution in [2.24, 2.45) is 5.73 Å². The Morgan fingerprint density at radius 1 is 1.03 bits per heavy atom. The molecule has 10 heteroatoms. The van der Waals surface area contributed by atoms with Gasteiger partial charge in [-0.2, -0.15) is 0 Å². The second-order valence-electron chi connectivity index (χ2n) is 8.14. The van der Waals surface area contributed by atoms with Crippen LogP contribution in [0.3, 0.4) is 0 Å². The first-order valence-electron chi connectivity index (χ1n) is 11.0. The van der Waals surface area contributed by atoms with Crippen molar-refractivity contribution in [3.05, 3.63) is 66.9 Å². The van der Waals surface area contributed by atoms with E-state index in [2.05, 4.69) is 42.1 Å². The number of likely N-dealkylation sites (N-methyl/N-ethyl adjacent to an activating group) is 1. The van der Waals surface area contributed by atoms with Crippen molar-refractivity contribution in [2.45, 2.75) is 0 Å². The molecule has 0 saturated carbocycles. The maximum atomic E-state index is 7.56. The van der Waals surface area contributed by atoms with Crippen LogP contribution in [-0.2, 0) is 0 Å². The molecule has 34 heavy (non-hydrogen) atoms. The maximum absolute atomic E-state index is 7.56. The fraction of sp³-hybridized carbons (Fsp3) is 0.208. The molecule has 0 aliphatic carbocycles. The summed E-state index contributed by atoms with van der Waals surface area (Å²) in [6.45, 7) is 4.03. The second kappa shape index (κ2) is 9.28. The molecule has 1 saturated heterocycles. The zero-order valence-corrected chi connectivity index (χ0v) is 18.9. The van der Waals surface area contributed by atoms with Crippen molar-refractivity contribution in [2.75, 3.05) is 43.4 Å². The number of nitrogens with one attached hydrogen (secondary N) is 2. The van der Waals surface area contributed by atoms with Crippen LogP contribution in [-0.4, -0.2) is 68.7 Å². The Labute approximate surface area is 197 Å². The van der Waals surface area contributed by atoms with Crippen molar-refractivity contribution in [1.29, 1.82) is 5.41 Å². The van der Waals surface area contributed by atoms with Gasteiger partial charge in [-0.25, -0.2) is 19.9 Å². The van der Waals surface area contributed by atoms with Crippen LogP contribution < -0.4 is 16.0 Å². The molecule has 1 aliphatic rings. The molecule has 4 aromatic rings. The van der Waals surface area contributed by atoms with Crippen LogP contribution in [0.2, 0.25) is 0 Å². The van der Waals surface area contributed by atoms with E-state index in [1.807, 2.05) is 47.1 Å². The number of imidazole rings is 1. The van der Waals surface area contributed by atoms with Crippen LogP contribution in [0, 0.1) is 5.41 Å². The Balaban J connectivity index is 1.37. The van der Waals surface area contributed by atoms with Crippen molar-refractivity contribution in [3.63, 3.8) is 0 Å². The van der Waals surface area contributed by atoms with E-state index in [0.29, 0.717) is 11.5 Å². The Kier molecular flexibility index (Phi) is 5.88. The highest BCUT2D eigenvalue weighted by atomic mass is 15.3. The van der Waals surface area contributed by atoms with Crippen molar-refractivity contribution in [1.82, 2.24) is 29.2 Å². The summed E-state index contributed by atoms with van der Waals surface area (Å²) in [7, 11) is 2.14. The molecule has 4 aromatic heterocycles. The number of nitrogens with two attached hydrogens (primary N) is 1. The predicted octanol–water partition coefficient (Wildman–Crippen LogP) is 2.63. The standard InChI is InChI=1S/C24H26N10/c1-32-8-10-33(11-9-32)22-5-3-19(14-28-22)30-24-27-7-6-20(31-24)21-15-29-23-4-2-17(16-34(21)23)18(12-25)13-26/h2-7,12-16,25H,8-11,26H2,1H3,(H,27,30,31)/b18-13+,25-12?. The normalized spacial score (nSPS) is 15.0. The van der Waals surface area contributed by atoms with E-state index in [0.717, 1.165) is 60.3 Å². The second-order valence-corrected chi connectivity index (χ2v) is 8.14. The van der Waals surface area contributed by atoms with Crippen LogP contribution in [0.15, 0.2) is 61.3 Å². The van der Waals surface area contributed by atoms with Crippen LogP contribution in [0.1, 0.15) is 5.56 Å². The SMILES string of the molecule is CN1CCN(c2ccc(Nc3nccc(-c4cnc5ccc(/C(C=N)=C/N)cn45)n3)cn2)CC1. The lowest BCUT2D eigenvalue weighted by Gasteiger charge is -2.33. The highest BCUT2D eigenvalue weighted by Crippen LogP contribution is 2.23. The van der Waals surface area contributed by atoms with Gasteiger partial charge in [0.25, 0.3) is 0 Å². The van der Waals surface area contributed by atoms with Gasteiger partial charge < -0.3 is 26.3 Å². The van der Waals surface area contributed by atoms with E-state index in [9.17, 15) is 0 Å². The molecule has 0 aromatic carbocycles. The van der Waals surface area contributed by atoms with Gasteiger partial charge in [-0.1, -0.05) is 0 Å². The average Bonchev–Trinajstić information content (AvgIpc) is 3.30. The molecule has 0 radical (unpaired) electrons. The van der Waals surface area contributed by atoms with Gasteiger partial charge in [0, 0.05) is 62.1 Å². The van der Waals surface area contributed by atoms with Gasteiger partial charge >= 0.3 is 0 Å². The minimum atomic E-state index is 0.472. The number of fused-ring (bicyclic) bond motifs is 1.